The first-order chi connectivity index (χ1) is 13.1. The van der Waals surface area contributed by atoms with Gasteiger partial charge in [-0.3, -0.25) is 14.8 Å². The standard InChI is InChI=1S/C18H15ClN6OS/c1-24-15-13(8-22-25(18(15)26)9-12-5-10(19)7-21-12)16-17(24)23-14(27-16)6-11-3-2-4-20-11/h2-3,5,8H,4,6-7,9H2,1H3. The van der Waals surface area contributed by atoms with E-state index in [1.54, 1.807) is 23.6 Å². The summed E-state index contributed by atoms with van der Waals surface area (Å²) >= 11 is 7.56. The van der Waals surface area contributed by atoms with Gasteiger partial charge in [0.15, 0.2) is 5.65 Å². The highest BCUT2D eigenvalue weighted by atomic mass is 35.5. The van der Waals surface area contributed by atoms with E-state index in [-0.39, 0.29) is 5.56 Å². The van der Waals surface area contributed by atoms with Gasteiger partial charge in [-0.2, -0.15) is 5.10 Å². The van der Waals surface area contributed by atoms with Crippen molar-refractivity contribution in [3.8, 4) is 0 Å². The minimum absolute atomic E-state index is 0.149. The van der Waals surface area contributed by atoms with Crippen molar-refractivity contribution in [3.05, 3.63) is 44.8 Å². The number of hydrogen-bond donors (Lipinski definition) is 0. The van der Waals surface area contributed by atoms with Crippen molar-refractivity contribution < 1.29 is 0 Å². The van der Waals surface area contributed by atoms with Crippen LogP contribution in [0.5, 0.6) is 0 Å². The van der Waals surface area contributed by atoms with Crippen LogP contribution in [-0.2, 0) is 20.0 Å². The lowest BCUT2D eigenvalue weighted by Gasteiger charge is -2.04. The summed E-state index contributed by atoms with van der Waals surface area (Å²) in [4.78, 5) is 26.4. The van der Waals surface area contributed by atoms with Crippen LogP contribution in [0.3, 0.4) is 0 Å². The summed E-state index contributed by atoms with van der Waals surface area (Å²) in [6.45, 7) is 1.54. The summed E-state index contributed by atoms with van der Waals surface area (Å²) in [5.74, 6) is 0. The third-order valence-corrected chi connectivity index (χ3v) is 5.99. The lowest BCUT2D eigenvalue weighted by Crippen LogP contribution is -2.26. The van der Waals surface area contributed by atoms with E-state index in [1.807, 2.05) is 23.8 Å². The van der Waals surface area contributed by atoms with Crippen molar-refractivity contribution in [2.75, 3.05) is 13.1 Å². The maximum absolute atomic E-state index is 13.0. The molecule has 5 heterocycles. The molecule has 0 aromatic carbocycles. The third kappa shape index (κ3) is 2.76. The Kier molecular flexibility index (Phi) is 3.84. The molecule has 0 unspecified atom stereocenters. The summed E-state index contributed by atoms with van der Waals surface area (Å²) in [7, 11) is 1.87. The average Bonchev–Trinajstić information content (AvgIpc) is 3.40. The first-order valence-electron chi connectivity index (χ1n) is 8.53. The average molecular weight is 399 g/mol. The minimum atomic E-state index is -0.149. The molecule has 5 rings (SSSR count). The molecule has 0 bridgehead atoms. The Hall–Kier alpha value is -2.58. The maximum Gasteiger partial charge on any atom is 0.291 e. The number of aromatic nitrogens is 4. The zero-order valence-corrected chi connectivity index (χ0v) is 16.1. The van der Waals surface area contributed by atoms with Crippen molar-refractivity contribution in [2.45, 2.75) is 13.0 Å². The number of rotatable bonds is 4. The molecule has 0 fully saturated rings. The van der Waals surface area contributed by atoms with Gasteiger partial charge in [0.25, 0.3) is 5.56 Å². The van der Waals surface area contributed by atoms with Gasteiger partial charge in [-0.15, -0.1) is 11.3 Å². The molecular weight excluding hydrogens is 384 g/mol. The van der Waals surface area contributed by atoms with Crippen molar-refractivity contribution in [1.82, 2.24) is 19.3 Å². The summed E-state index contributed by atoms with van der Waals surface area (Å²) < 4.78 is 4.27. The van der Waals surface area contributed by atoms with Crippen LogP contribution < -0.4 is 5.56 Å². The van der Waals surface area contributed by atoms with E-state index < -0.39 is 0 Å². The van der Waals surface area contributed by atoms with E-state index in [2.05, 4.69) is 15.1 Å². The summed E-state index contributed by atoms with van der Waals surface area (Å²) in [6.07, 6.45) is 8.33. The topological polar surface area (TPSA) is 77.4 Å². The smallest absolute Gasteiger partial charge is 0.291 e. The van der Waals surface area contributed by atoms with Gasteiger partial charge in [0.1, 0.15) is 10.5 Å². The second kappa shape index (κ2) is 6.24. The van der Waals surface area contributed by atoms with Crippen molar-refractivity contribution >= 4 is 55.6 Å². The highest BCUT2D eigenvalue weighted by Crippen LogP contribution is 2.31. The number of aliphatic imine (C=N–C) groups is 2. The Morgan fingerprint density at radius 2 is 2.19 bits per heavy atom. The number of nitrogens with zero attached hydrogens (tertiary/aromatic N) is 6. The maximum atomic E-state index is 13.0. The molecule has 3 aromatic rings. The number of thiazole rings is 1. The Balaban J connectivity index is 1.57. The van der Waals surface area contributed by atoms with E-state index in [0.717, 1.165) is 45.1 Å². The lowest BCUT2D eigenvalue weighted by atomic mass is 10.3. The van der Waals surface area contributed by atoms with Gasteiger partial charge < -0.3 is 4.57 Å². The molecule has 0 N–H and O–H groups in total. The number of allylic oxidation sites excluding steroid dienone is 2. The fourth-order valence-electron chi connectivity index (χ4n) is 3.40. The fraction of sp³-hybridized carbons (Fsp3) is 0.278. The van der Waals surface area contributed by atoms with E-state index in [0.29, 0.717) is 23.6 Å². The molecule has 0 spiro atoms. The van der Waals surface area contributed by atoms with Crippen LogP contribution in [0, 0.1) is 0 Å². The molecule has 9 heteroatoms. The van der Waals surface area contributed by atoms with Crippen LogP contribution in [0.1, 0.15) is 5.01 Å². The van der Waals surface area contributed by atoms with Gasteiger partial charge >= 0.3 is 0 Å². The highest BCUT2D eigenvalue weighted by Gasteiger charge is 2.19. The number of aryl methyl sites for hydroxylation is 1. The van der Waals surface area contributed by atoms with E-state index >= 15 is 0 Å². The fourth-order valence-corrected chi connectivity index (χ4v) is 4.71. The molecule has 0 saturated carbocycles. The van der Waals surface area contributed by atoms with Crippen molar-refractivity contribution in [3.63, 3.8) is 0 Å². The summed E-state index contributed by atoms with van der Waals surface area (Å²) in [5, 5.41) is 6.86. The van der Waals surface area contributed by atoms with Crippen LogP contribution in [0.25, 0.3) is 21.3 Å². The molecular formula is C18H15ClN6OS. The van der Waals surface area contributed by atoms with Gasteiger partial charge in [-0.1, -0.05) is 17.7 Å². The van der Waals surface area contributed by atoms with Crippen molar-refractivity contribution in [1.29, 1.82) is 0 Å². The molecule has 0 aliphatic carbocycles. The monoisotopic (exact) mass is 398 g/mol. The zero-order chi connectivity index (χ0) is 18.5. The van der Waals surface area contributed by atoms with Gasteiger partial charge in [0.05, 0.1) is 36.2 Å². The van der Waals surface area contributed by atoms with Gasteiger partial charge in [-0.05, 0) is 12.2 Å². The van der Waals surface area contributed by atoms with Crippen LogP contribution in [0.15, 0.2) is 44.2 Å². The predicted molar refractivity (Wildman–Crippen MR) is 110 cm³/mol. The van der Waals surface area contributed by atoms with Crippen LogP contribution >= 0.6 is 22.9 Å². The van der Waals surface area contributed by atoms with E-state index in [4.69, 9.17) is 16.6 Å². The Labute approximate surface area is 163 Å². The molecule has 136 valence electrons. The predicted octanol–water partition coefficient (Wildman–Crippen LogP) is 2.48. The molecule has 0 atom stereocenters. The first-order valence-corrected chi connectivity index (χ1v) is 9.73. The number of halogens is 1. The molecule has 0 saturated heterocycles. The molecule has 0 amide bonds. The quantitative estimate of drug-likeness (QED) is 0.677. The Morgan fingerprint density at radius 1 is 1.30 bits per heavy atom. The first kappa shape index (κ1) is 16.6. The van der Waals surface area contributed by atoms with Gasteiger partial charge in [0.2, 0.25) is 0 Å². The number of fused-ring (bicyclic) bond motifs is 3. The highest BCUT2D eigenvalue weighted by molar-refractivity contribution is 7.19. The second-order valence-electron chi connectivity index (χ2n) is 6.50. The van der Waals surface area contributed by atoms with Crippen LogP contribution in [0.4, 0.5) is 0 Å². The van der Waals surface area contributed by atoms with E-state index in [9.17, 15) is 4.79 Å². The largest absolute Gasteiger partial charge is 0.323 e. The molecule has 0 radical (unpaired) electrons. The SMILES string of the molecule is Cn1c2nc(CC3=NCC=C3)sc2c2cnn(CC3=NCC(Cl)=C3)c(=O)c21. The molecule has 3 aromatic heterocycles. The zero-order valence-electron chi connectivity index (χ0n) is 14.5. The molecule has 7 nitrogen and oxygen atoms in total. The summed E-state index contributed by atoms with van der Waals surface area (Å²) in [5.41, 5.74) is 3.07. The molecule has 2 aliphatic heterocycles. The summed E-state index contributed by atoms with van der Waals surface area (Å²) in [6, 6.07) is 0. The number of hydrogen-bond acceptors (Lipinski definition) is 6. The molecule has 2 aliphatic rings. The third-order valence-electron chi connectivity index (χ3n) is 4.68. The minimum Gasteiger partial charge on any atom is -0.323 e. The van der Waals surface area contributed by atoms with Crippen LogP contribution in [0.2, 0.25) is 0 Å². The Bertz CT molecular complexity index is 1270. The van der Waals surface area contributed by atoms with E-state index in [1.165, 1.54) is 4.68 Å². The van der Waals surface area contributed by atoms with Gasteiger partial charge in [0, 0.05) is 29.6 Å². The van der Waals surface area contributed by atoms with Crippen molar-refractivity contribution in [2.24, 2.45) is 17.0 Å². The Morgan fingerprint density at radius 3 is 2.93 bits per heavy atom. The lowest BCUT2D eigenvalue weighted by molar-refractivity contribution is 0.677. The van der Waals surface area contributed by atoms with Gasteiger partial charge in [-0.25, -0.2) is 9.67 Å². The van der Waals surface area contributed by atoms with Crippen LogP contribution in [-0.4, -0.2) is 43.8 Å². The second-order valence-corrected chi connectivity index (χ2v) is 8.07. The normalized spacial score (nSPS) is 16.4. The molecule has 27 heavy (non-hydrogen) atoms.